The Kier molecular flexibility index (Phi) is 9.45. The molecule has 1 amide bonds. The molecule has 37 heavy (non-hydrogen) atoms. The van der Waals surface area contributed by atoms with E-state index in [4.69, 9.17) is 0 Å². The molecule has 9 heteroatoms. The second-order valence-electron chi connectivity index (χ2n) is 10.1. The molecule has 0 spiro atoms. The molecule has 202 valence electrons. The number of ketones is 1. The van der Waals surface area contributed by atoms with E-state index >= 15 is 0 Å². The van der Waals surface area contributed by atoms with Crippen LogP contribution >= 0.6 is 0 Å². The van der Waals surface area contributed by atoms with Crippen molar-refractivity contribution in [3.05, 3.63) is 65.2 Å². The van der Waals surface area contributed by atoms with Gasteiger partial charge in [-0.05, 0) is 68.0 Å². The number of rotatable bonds is 11. The average molecular weight is 535 g/mol. The molecule has 2 aromatic rings. The van der Waals surface area contributed by atoms with Gasteiger partial charge in [-0.1, -0.05) is 38.8 Å². The molecule has 1 aliphatic heterocycles. The highest BCUT2D eigenvalue weighted by atomic mass is 32.2. The van der Waals surface area contributed by atoms with E-state index in [0.717, 1.165) is 49.6 Å². The number of anilines is 1. The fraction of sp³-hybridized carbons (Fsp3) is 0.500. The minimum atomic E-state index is -3.37. The summed E-state index contributed by atoms with van der Waals surface area (Å²) in [6, 6.07) is 10.3. The smallest absolute Gasteiger partial charge is 0.229 e. The van der Waals surface area contributed by atoms with Crippen molar-refractivity contribution >= 4 is 27.4 Å². The standard InChI is InChI=1S/C28H36F2N2O4S/c1-4-14-28(15-5-2,19-20-6-9-23(10-7-20)31-37(3,35)36)27(34)32-16-12-21(13-17-32)26(33)22-8-11-24(29)25(30)18-22/h6-11,18,21,31H,4-5,12-17,19H2,1-3H3. The van der Waals surface area contributed by atoms with Crippen LogP contribution in [0, 0.1) is 23.0 Å². The van der Waals surface area contributed by atoms with E-state index in [0.29, 0.717) is 38.0 Å². The lowest BCUT2D eigenvalue weighted by atomic mass is 9.72. The predicted octanol–water partition coefficient (Wildman–Crippen LogP) is 5.59. The van der Waals surface area contributed by atoms with Crippen LogP contribution in [0.2, 0.25) is 0 Å². The molecule has 0 saturated carbocycles. The van der Waals surface area contributed by atoms with Gasteiger partial charge in [-0.15, -0.1) is 0 Å². The van der Waals surface area contributed by atoms with Crippen LogP contribution in [-0.2, 0) is 21.2 Å². The Morgan fingerprint density at radius 1 is 0.973 bits per heavy atom. The van der Waals surface area contributed by atoms with Gasteiger partial charge in [-0.3, -0.25) is 14.3 Å². The molecule has 2 aromatic carbocycles. The van der Waals surface area contributed by atoms with Crippen molar-refractivity contribution in [1.29, 1.82) is 0 Å². The molecule has 0 bridgehead atoms. The Morgan fingerprint density at radius 2 is 1.57 bits per heavy atom. The van der Waals surface area contributed by atoms with Crippen LogP contribution < -0.4 is 4.72 Å². The third-order valence-corrected chi connectivity index (χ3v) is 7.67. The minimum Gasteiger partial charge on any atom is -0.342 e. The lowest BCUT2D eigenvalue weighted by Gasteiger charge is -2.40. The molecular formula is C28H36F2N2O4S. The van der Waals surface area contributed by atoms with E-state index in [1.165, 1.54) is 6.07 Å². The number of nitrogens with one attached hydrogen (secondary N) is 1. The van der Waals surface area contributed by atoms with Gasteiger partial charge < -0.3 is 4.90 Å². The summed E-state index contributed by atoms with van der Waals surface area (Å²) in [6.45, 7) is 4.99. The van der Waals surface area contributed by atoms with Gasteiger partial charge >= 0.3 is 0 Å². The Balaban J connectivity index is 1.73. The fourth-order valence-corrected chi connectivity index (χ4v) is 5.97. The molecule has 1 N–H and O–H groups in total. The number of hydrogen-bond donors (Lipinski definition) is 1. The predicted molar refractivity (Wildman–Crippen MR) is 141 cm³/mol. The number of likely N-dealkylation sites (tertiary alicyclic amines) is 1. The average Bonchev–Trinajstić information content (AvgIpc) is 2.85. The summed E-state index contributed by atoms with van der Waals surface area (Å²) in [5.74, 6) is -2.50. The third kappa shape index (κ3) is 7.37. The topological polar surface area (TPSA) is 83.6 Å². The monoisotopic (exact) mass is 534 g/mol. The van der Waals surface area contributed by atoms with Gasteiger partial charge in [0.05, 0.1) is 11.7 Å². The van der Waals surface area contributed by atoms with Crippen molar-refractivity contribution in [3.8, 4) is 0 Å². The summed E-state index contributed by atoms with van der Waals surface area (Å²) in [5.41, 5.74) is 0.995. The number of carbonyl (C=O) groups excluding carboxylic acids is 2. The maximum atomic E-state index is 13.9. The summed E-state index contributed by atoms with van der Waals surface area (Å²) >= 11 is 0. The number of benzene rings is 2. The summed E-state index contributed by atoms with van der Waals surface area (Å²) in [7, 11) is -3.37. The van der Waals surface area contributed by atoms with Crippen LogP contribution in [0.15, 0.2) is 42.5 Å². The molecule has 0 aromatic heterocycles. The highest BCUT2D eigenvalue weighted by molar-refractivity contribution is 7.92. The number of piperidine rings is 1. The maximum Gasteiger partial charge on any atom is 0.229 e. The van der Waals surface area contributed by atoms with E-state index in [2.05, 4.69) is 18.6 Å². The van der Waals surface area contributed by atoms with E-state index in [9.17, 15) is 26.8 Å². The Morgan fingerprint density at radius 3 is 2.08 bits per heavy atom. The molecule has 0 atom stereocenters. The van der Waals surface area contributed by atoms with Crippen molar-refractivity contribution in [2.24, 2.45) is 11.3 Å². The second-order valence-corrected chi connectivity index (χ2v) is 11.8. The Bertz CT molecular complexity index is 1200. The fourth-order valence-electron chi connectivity index (χ4n) is 5.41. The maximum absolute atomic E-state index is 13.9. The lowest BCUT2D eigenvalue weighted by Crippen LogP contribution is -2.49. The summed E-state index contributed by atoms with van der Waals surface area (Å²) < 4.78 is 52.4. The normalized spacial score (nSPS) is 15.0. The molecule has 1 saturated heterocycles. The highest BCUT2D eigenvalue weighted by Crippen LogP contribution is 2.38. The van der Waals surface area contributed by atoms with Gasteiger partial charge in [-0.25, -0.2) is 17.2 Å². The van der Waals surface area contributed by atoms with Gasteiger partial charge in [0.2, 0.25) is 15.9 Å². The van der Waals surface area contributed by atoms with Gasteiger partial charge in [0.25, 0.3) is 0 Å². The van der Waals surface area contributed by atoms with Crippen LogP contribution in [0.4, 0.5) is 14.5 Å². The SMILES string of the molecule is CCCC(CCC)(Cc1ccc(NS(C)(=O)=O)cc1)C(=O)N1CCC(C(=O)c2ccc(F)c(F)c2)CC1. The van der Waals surface area contributed by atoms with Crippen molar-refractivity contribution < 1.29 is 26.8 Å². The van der Waals surface area contributed by atoms with E-state index in [1.54, 1.807) is 12.1 Å². The Labute approximate surface area is 218 Å². The van der Waals surface area contributed by atoms with Crippen LogP contribution in [0.3, 0.4) is 0 Å². The molecule has 1 heterocycles. The zero-order valence-electron chi connectivity index (χ0n) is 21.7. The number of nitrogens with zero attached hydrogens (tertiary/aromatic N) is 1. The van der Waals surface area contributed by atoms with Crippen molar-refractivity contribution in [2.45, 2.75) is 58.8 Å². The van der Waals surface area contributed by atoms with Crippen LogP contribution in [0.1, 0.15) is 68.3 Å². The largest absolute Gasteiger partial charge is 0.342 e. The molecule has 0 unspecified atom stereocenters. The minimum absolute atomic E-state index is 0.0771. The highest BCUT2D eigenvalue weighted by Gasteiger charge is 2.41. The third-order valence-electron chi connectivity index (χ3n) is 7.07. The molecule has 0 radical (unpaired) electrons. The van der Waals surface area contributed by atoms with Crippen molar-refractivity contribution in [3.63, 3.8) is 0 Å². The number of hydrogen-bond acceptors (Lipinski definition) is 4. The molecule has 1 fully saturated rings. The Hall–Kier alpha value is -2.81. The summed E-state index contributed by atoms with van der Waals surface area (Å²) in [6.07, 6.45) is 5.71. The first-order chi connectivity index (χ1) is 17.5. The summed E-state index contributed by atoms with van der Waals surface area (Å²) in [5, 5.41) is 0. The second kappa shape index (κ2) is 12.2. The van der Waals surface area contributed by atoms with Gasteiger partial charge in [0.15, 0.2) is 17.4 Å². The molecular weight excluding hydrogens is 498 g/mol. The molecule has 1 aliphatic rings. The number of Topliss-reactive ketones (excluding diaryl/α,β-unsaturated/α-hetero) is 1. The first-order valence-electron chi connectivity index (χ1n) is 12.8. The quantitative estimate of drug-likeness (QED) is 0.381. The van der Waals surface area contributed by atoms with E-state index < -0.39 is 27.1 Å². The molecule has 6 nitrogen and oxygen atoms in total. The summed E-state index contributed by atoms with van der Waals surface area (Å²) in [4.78, 5) is 28.7. The van der Waals surface area contributed by atoms with E-state index in [1.807, 2.05) is 17.0 Å². The van der Waals surface area contributed by atoms with Crippen molar-refractivity contribution in [1.82, 2.24) is 4.90 Å². The number of halogens is 2. The van der Waals surface area contributed by atoms with Crippen LogP contribution in [0.25, 0.3) is 0 Å². The first kappa shape index (κ1) is 28.8. The van der Waals surface area contributed by atoms with Crippen LogP contribution in [0.5, 0.6) is 0 Å². The number of carbonyl (C=O) groups is 2. The van der Waals surface area contributed by atoms with Gasteiger partial charge in [0, 0.05) is 30.3 Å². The lowest BCUT2D eigenvalue weighted by molar-refractivity contribution is -0.144. The van der Waals surface area contributed by atoms with E-state index in [-0.39, 0.29) is 23.2 Å². The first-order valence-corrected chi connectivity index (χ1v) is 14.7. The number of sulfonamides is 1. The molecule has 3 rings (SSSR count). The van der Waals surface area contributed by atoms with Crippen molar-refractivity contribution in [2.75, 3.05) is 24.1 Å². The zero-order valence-corrected chi connectivity index (χ0v) is 22.5. The molecule has 0 aliphatic carbocycles. The van der Waals surface area contributed by atoms with Gasteiger partial charge in [-0.2, -0.15) is 0 Å². The van der Waals surface area contributed by atoms with Gasteiger partial charge in [0.1, 0.15) is 0 Å². The van der Waals surface area contributed by atoms with Crippen LogP contribution in [-0.4, -0.2) is 44.4 Å². The zero-order chi connectivity index (χ0) is 27.2. The number of amides is 1.